The molecule has 1 heterocycles. The molecule has 0 aromatic rings. The molecule has 6 nitrogen and oxygen atoms in total. The lowest BCUT2D eigenvalue weighted by Gasteiger charge is -2.17. The van der Waals surface area contributed by atoms with Crippen LogP contribution in [0.4, 0.5) is 0 Å². The monoisotopic (exact) mass is 446 g/mol. The van der Waals surface area contributed by atoms with Crippen molar-refractivity contribution in [2.24, 2.45) is 40.3 Å². The number of imide groups is 1. The average molecular weight is 446 g/mol. The summed E-state index contributed by atoms with van der Waals surface area (Å²) in [6.45, 7) is 5.80. The van der Waals surface area contributed by atoms with Gasteiger partial charge in [0.15, 0.2) is 5.96 Å². The van der Waals surface area contributed by atoms with Gasteiger partial charge in [0.2, 0.25) is 11.8 Å². The van der Waals surface area contributed by atoms with Crippen LogP contribution < -0.4 is 11.1 Å². The van der Waals surface area contributed by atoms with E-state index < -0.39 is 0 Å². The van der Waals surface area contributed by atoms with Gasteiger partial charge in [0.1, 0.15) is 0 Å². The molecule has 4 unspecified atom stereocenters. The molecule has 2 fully saturated rings. The number of carbonyl (C=O) groups excluding carboxylic acids is 2. The van der Waals surface area contributed by atoms with Crippen LogP contribution in [0, 0.1) is 29.6 Å². The number of likely N-dealkylation sites (tertiary alicyclic amines) is 1. The number of guanidine groups is 1. The second-order valence-electron chi connectivity index (χ2n) is 7.20. The van der Waals surface area contributed by atoms with Gasteiger partial charge >= 0.3 is 0 Å². The first-order chi connectivity index (χ1) is 11.0. The maximum Gasteiger partial charge on any atom is 0.233 e. The number of carbonyl (C=O) groups is 2. The van der Waals surface area contributed by atoms with E-state index in [1.807, 2.05) is 0 Å². The zero-order chi connectivity index (χ0) is 16.6. The molecular weight excluding hydrogens is 419 g/mol. The lowest BCUT2D eigenvalue weighted by atomic mass is 9.85. The van der Waals surface area contributed by atoms with Crippen LogP contribution in [0.5, 0.6) is 0 Å². The predicted octanol–water partition coefficient (Wildman–Crippen LogP) is 1.36. The molecular formula is C17H27IN4O2. The molecule has 3 N–H and O–H groups in total. The van der Waals surface area contributed by atoms with Crippen LogP contribution in [0.3, 0.4) is 0 Å². The minimum absolute atomic E-state index is 0. The van der Waals surface area contributed by atoms with E-state index >= 15 is 0 Å². The number of hydrogen-bond acceptors (Lipinski definition) is 3. The van der Waals surface area contributed by atoms with Crippen LogP contribution >= 0.6 is 24.0 Å². The number of nitrogens with one attached hydrogen (secondary N) is 1. The van der Waals surface area contributed by atoms with E-state index in [1.54, 1.807) is 0 Å². The van der Waals surface area contributed by atoms with Crippen molar-refractivity contribution >= 4 is 41.8 Å². The molecule has 1 saturated heterocycles. The van der Waals surface area contributed by atoms with Crippen LogP contribution in [0.25, 0.3) is 0 Å². The molecule has 2 amide bonds. The van der Waals surface area contributed by atoms with Gasteiger partial charge in [-0.2, -0.15) is 0 Å². The average Bonchev–Trinajstić information content (AvgIpc) is 3.16. The SMILES string of the molecule is CC(C)CCN=C(N)NCCN1C(=O)C2C3C=CC(C3)C2C1=O.I. The second kappa shape index (κ2) is 7.84. The largest absolute Gasteiger partial charge is 0.370 e. The van der Waals surface area contributed by atoms with Gasteiger partial charge in [0.25, 0.3) is 0 Å². The van der Waals surface area contributed by atoms with Gasteiger partial charge in [-0.15, -0.1) is 24.0 Å². The maximum atomic E-state index is 12.5. The molecule has 0 aromatic carbocycles. The van der Waals surface area contributed by atoms with Gasteiger partial charge in [-0.25, -0.2) is 0 Å². The van der Waals surface area contributed by atoms with Crippen LogP contribution in [-0.2, 0) is 9.59 Å². The first-order valence-electron chi connectivity index (χ1n) is 8.56. The Kier molecular flexibility index (Phi) is 6.28. The molecule has 0 aromatic heterocycles. The third-order valence-electron chi connectivity index (χ3n) is 5.19. The Morgan fingerprint density at radius 2 is 1.88 bits per heavy atom. The molecule has 134 valence electrons. The maximum absolute atomic E-state index is 12.5. The number of fused-ring (bicyclic) bond motifs is 5. The summed E-state index contributed by atoms with van der Waals surface area (Å²) < 4.78 is 0. The fourth-order valence-electron chi connectivity index (χ4n) is 3.98. The Bertz CT molecular complexity index is 531. The lowest BCUT2D eigenvalue weighted by Crippen LogP contribution is -2.41. The molecule has 2 aliphatic carbocycles. The second-order valence-corrected chi connectivity index (χ2v) is 7.20. The Morgan fingerprint density at radius 1 is 1.29 bits per heavy atom. The van der Waals surface area contributed by atoms with Crippen molar-refractivity contribution in [3.8, 4) is 0 Å². The van der Waals surface area contributed by atoms with Crippen molar-refractivity contribution in [1.29, 1.82) is 0 Å². The number of aliphatic imine (C=N–C) groups is 1. The van der Waals surface area contributed by atoms with Crippen molar-refractivity contribution in [2.45, 2.75) is 26.7 Å². The Morgan fingerprint density at radius 3 is 2.42 bits per heavy atom. The highest BCUT2D eigenvalue weighted by atomic mass is 127. The number of hydrogen-bond donors (Lipinski definition) is 2. The molecule has 4 atom stereocenters. The lowest BCUT2D eigenvalue weighted by molar-refractivity contribution is -0.140. The summed E-state index contributed by atoms with van der Waals surface area (Å²) in [6, 6.07) is 0. The highest BCUT2D eigenvalue weighted by molar-refractivity contribution is 14.0. The van der Waals surface area contributed by atoms with E-state index in [0.717, 1.165) is 12.8 Å². The molecule has 3 rings (SSSR count). The van der Waals surface area contributed by atoms with Gasteiger partial charge in [-0.05, 0) is 30.6 Å². The quantitative estimate of drug-likeness (QED) is 0.212. The summed E-state index contributed by atoms with van der Waals surface area (Å²) in [5.41, 5.74) is 5.80. The minimum Gasteiger partial charge on any atom is -0.370 e. The summed E-state index contributed by atoms with van der Waals surface area (Å²) in [5, 5.41) is 2.99. The van der Waals surface area contributed by atoms with Crippen molar-refractivity contribution < 1.29 is 9.59 Å². The normalized spacial score (nSPS) is 31.0. The molecule has 0 spiro atoms. The summed E-state index contributed by atoms with van der Waals surface area (Å²) >= 11 is 0. The van der Waals surface area contributed by atoms with E-state index in [9.17, 15) is 9.59 Å². The standard InChI is InChI=1S/C17H26N4O2.HI/c1-10(2)5-6-19-17(18)20-7-8-21-15(22)13-11-3-4-12(9-11)14(13)16(21)23;/h3-4,10-14H,5-9H2,1-2H3,(H3,18,19,20);1H. The van der Waals surface area contributed by atoms with E-state index in [0.29, 0.717) is 31.5 Å². The van der Waals surface area contributed by atoms with Crippen molar-refractivity contribution in [2.75, 3.05) is 19.6 Å². The smallest absolute Gasteiger partial charge is 0.233 e. The van der Waals surface area contributed by atoms with E-state index in [2.05, 4.69) is 36.3 Å². The summed E-state index contributed by atoms with van der Waals surface area (Å²) in [4.78, 5) is 30.6. The highest BCUT2D eigenvalue weighted by Crippen LogP contribution is 2.52. The van der Waals surface area contributed by atoms with Gasteiger partial charge in [-0.3, -0.25) is 19.5 Å². The molecule has 1 aliphatic heterocycles. The Hall–Kier alpha value is -1.12. The first-order valence-corrected chi connectivity index (χ1v) is 8.56. The molecule has 0 radical (unpaired) electrons. The third kappa shape index (κ3) is 3.60. The highest BCUT2D eigenvalue weighted by Gasteiger charge is 2.58. The molecule has 1 saturated carbocycles. The number of halogens is 1. The van der Waals surface area contributed by atoms with Crippen LogP contribution in [0.1, 0.15) is 26.7 Å². The third-order valence-corrected chi connectivity index (χ3v) is 5.19. The van der Waals surface area contributed by atoms with E-state index in [4.69, 9.17) is 5.73 Å². The fourth-order valence-corrected chi connectivity index (χ4v) is 3.98. The summed E-state index contributed by atoms with van der Waals surface area (Å²) in [5.74, 6) is 1.26. The predicted molar refractivity (Wildman–Crippen MR) is 104 cm³/mol. The molecule has 24 heavy (non-hydrogen) atoms. The van der Waals surface area contributed by atoms with Gasteiger partial charge in [-0.1, -0.05) is 26.0 Å². The number of nitrogens with zero attached hydrogens (tertiary/aromatic N) is 2. The topological polar surface area (TPSA) is 87.8 Å². The van der Waals surface area contributed by atoms with Crippen molar-refractivity contribution in [3.05, 3.63) is 12.2 Å². The van der Waals surface area contributed by atoms with Crippen molar-refractivity contribution in [1.82, 2.24) is 10.2 Å². The fraction of sp³-hybridized carbons (Fsp3) is 0.706. The molecule has 7 heteroatoms. The summed E-state index contributed by atoms with van der Waals surface area (Å²) in [6.07, 6.45) is 6.18. The van der Waals surface area contributed by atoms with Gasteiger partial charge in [0.05, 0.1) is 11.8 Å². The summed E-state index contributed by atoms with van der Waals surface area (Å²) in [7, 11) is 0. The molecule has 3 aliphatic rings. The van der Waals surface area contributed by atoms with Crippen LogP contribution in [0.2, 0.25) is 0 Å². The number of rotatable bonds is 6. The first kappa shape index (κ1) is 19.2. The molecule has 2 bridgehead atoms. The minimum atomic E-state index is -0.116. The van der Waals surface area contributed by atoms with Crippen LogP contribution in [0.15, 0.2) is 17.1 Å². The van der Waals surface area contributed by atoms with Gasteiger partial charge < -0.3 is 11.1 Å². The van der Waals surface area contributed by atoms with E-state index in [1.165, 1.54) is 4.90 Å². The van der Waals surface area contributed by atoms with Crippen molar-refractivity contribution in [3.63, 3.8) is 0 Å². The van der Waals surface area contributed by atoms with Gasteiger partial charge in [0, 0.05) is 19.6 Å². The Labute approximate surface area is 160 Å². The number of allylic oxidation sites excluding steroid dienone is 2. The zero-order valence-electron chi connectivity index (χ0n) is 14.3. The zero-order valence-corrected chi connectivity index (χ0v) is 16.6. The van der Waals surface area contributed by atoms with E-state index in [-0.39, 0.29) is 59.5 Å². The number of amides is 2. The Balaban J connectivity index is 0.00000208. The van der Waals surface area contributed by atoms with Crippen LogP contribution in [-0.4, -0.2) is 42.3 Å². The number of nitrogens with two attached hydrogens (primary N) is 1.